The van der Waals surface area contributed by atoms with Crippen LogP contribution in [0.4, 0.5) is 11.4 Å². The van der Waals surface area contributed by atoms with Gasteiger partial charge in [0.15, 0.2) is 0 Å². The van der Waals surface area contributed by atoms with E-state index >= 15 is 0 Å². The van der Waals surface area contributed by atoms with E-state index in [1.54, 1.807) is 0 Å². The molecule has 7 heteroatoms. The third-order valence-corrected chi connectivity index (χ3v) is 2.66. The van der Waals surface area contributed by atoms with Crippen LogP contribution in [0.2, 0.25) is 0 Å². The molecule has 0 aromatic heterocycles. The monoisotopic (exact) mass is 267 g/mol. The molecule has 1 atom stereocenters. The number of nitrogens with one attached hydrogen (secondary N) is 1. The second-order valence-corrected chi connectivity index (χ2v) is 4.20. The molecular weight excluding hydrogens is 250 g/mol. The molecule has 0 bridgehead atoms. The Hall–Kier alpha value is -2.15. The quantitative estimate of drug-likeness (QED) is 0.412. The van der Waals surface area contributed by atoms with Crippen molar-refractivity contribution >= 4 is 17.3 Å². The van der Waals surface area contributed by atoms with E-state index in [9.17, 15) is 20.0 Å². The number of non-ortho nitro benzene ring substituents is 1. The predicted octanol–water partition coefficient (Wildman–Crippen LogP) is 1.76. The maximum atomic E-state index is 11.7. The number of amides is 1. The average Bonchev–Trinajstić information content (AvgIpc) is 2.37. The highest BCUT2D eigenvalue weighted by molar-refractivity contribution is 5.96. The van der Waals surface area contributed by atoms with Gasteiger partial charge in [0.1, 0.15) is 5.75 Å². The summed E-state index contributed by atoms with van der Waals surface area (Å²) in [5, 5.41) is 22.5. The highest BCUT2D eigenvalue weighted by Crippen LogP contribution is 2.27. The molecule has 7 nitrogen and oxygen atoms in total. The molecule has 0 heterocycles. The first-order valence-electron chi connectivity index (χ1n) is 5.99. The Balaban J connectivity index is 2.72. The van der Waals surface area contributed by atoms with Crippen LogP contribution in [0, 0.1) is 10.1 Å². The Labute approximate surface area is 110 Å². The summed E-state index contributed by atoms with van der Waals surface area (Å²) in [6.07, 6.45) is 2.32. The molecule has 1 aromatic rings. The zero-order chi connectivity index (χ0) is 14.4. The van der Waals surface area contributed by atoms with Crippen LogP contribution in [0.25, 0.3) is 0 Å². The predicted molar refractivity (Wildman–Crippen MR) is 70.9 cm³/mol. The van der Waals surface area contributed by atoms with Gasteiger partial charge in [0.05, 0.1) is 22.7 Å². The summed E-state index contributed by atoms with van der Waals surface area (Å²) in [6.45, 7) is 1.99. The third kappa shape index (κ3) is 4.22. The minimum absolute atomic E-state index is 0.113. The van der Waals surface area contributed by atoms with Crippen molar-refractivity contribution in [3.8, 4) is 5.75 Å². The van der Waals surface area contributed by atoms with Crippen molar-refractivity contribution in [3.05, 3.63) is 28.3 Å². The molecule has 0 saturated heterocycles. The number of nitrogens with zero attached hydrogens (tertiary/aromatic N) is 1. The first-order valence-corrected chi connectivity index (χ1v) is 5.99. The number of hydrogen-bond donors (Lipinski definition) is 3. The van der Waals surface area contributed by atoms with Crippen molar-refractivity contribution in [3.63, 3.8) is 0 Å². The molecule has 104 valence electrons. The number of unbranched alkanes of at least 4 members (excludes halogenated alkanes) is 1. The van der Waals surface area contributed by atoms with Gasteiger partial charge < -0.3 is 16.2 Å². The highest BCUT2D eigenvalue weighted by Gasteiger charge is 2.16. The van der Waals surface area contributed by atoms with E-state index in [2.05, 4.69) is 5.32 Å². The van der Waals surface area contributed by atoms with Crippen LogP contribution in [0.15, 0.2) is 18.2 Å². The number of carbonyl (C=O) groups is 1. The van der Waals surface area contributed by atoms with Gasteiger partial charge in [-0.1, -0.05) is 19.8 Å². The molecule has 1 amide bonds. The maximum Gasteiger partial charge on any atom is 0.273 e. The molecule has 19 heavy (non-hydrogen) atoms. The number of phenols is 1. The van der Waals surface area contributed by atoms with Gasteiger partial charge in [-0.15, -0.1) is 0 Å². The highest BCUT2D eigenvalue weighted by atomic mass is 16.6. The number of aromatic hydroxyl groups is 1. The summed E-state index contributed by atoms with van der Waals surface area (Å²) in [5.74, 6) is -0.775. The molecule has 0 aliphatic carbocycles. The lowest BCUT2D eigenvalue weighted by Gasteiger charge is -2.12. The summed E-state index contributed by atoms with van der Waals surface area (Å²) < 4.78 is 0. The lowest BCUT2D eigenvalue weighted by atomic mass is 10.1. The van der Waals surface area contributed by atoms with Crippen molar-refractivity contribution < 1.29 is 14.8 Å². The molecule has 0 fully saturated rings. The molecule has 1 unspecified atom stereocenters. The smallest absolute Gasteiger partial charge is 0.273 e. The van der Waals surface area contributed by atoms with Gasteiger partial charge >= 0.3 is 0 Å². The fourth-order valence-electron chi connectivity index (χ4n) is 1.52. The lowest BCUT2D eigenvalue weighted by molar-refractivity contribution is -0.384. The van der Waals surface area contributed by atoms with E-state index < -0.39 is 16.9 Å². The molecule has 0 aliphatic rings. The molecule has 4 N–H and O–H groups in total. The van der Waals surface area contributed by atoms with Crippen molar-refractivity contribution in [2.75, 3.05) is 5.32 Å². The van der Waals surface area contributed by atoms with E-state index in [1.165, 1.54) is 12.1 Å². The molecule has 0 aliphatic heterocycles. The summed E-state index contributed by atoms with van der Waals surface area (Å²) in [4.78, 5) is 21.6. The average molecular weight is 267 g/mol. The standard InChI is InChI=1S/C12H17N3O4/c1-2-3-4-9(13)12(17)14-10-6-5-8(15(18)19)7-11(10)16/h5-7,9,16H,2-4,13H2,1H3,(H,14,17). The molecule has 0 radical (unpaired) electrons. The van der Waals surface area contributed by atoms with Crippen LogP contribution in [-0.2, 0) is 4.79 Å². The zero-order valence-corrected chi connectivity index (χ0v) is 10.6. The van der Waals surface area contributed by atoms with Crippen molar-refractivity contribution in [2.45, 2.75) is 32.2 Å². The summed E-state index contributed by atoms with van der Waals surface area (Å²) in [6, 6.07) is 2.80. The number of anilines is 1. The van der Waals surface area contributed by atoms with E-state index in [1.807, 2.05) is 6.92 Å². The molecule has 0 spiro atoms. The molecule has 1 rings (SSSR count). The van der Waals surface area contributed by atoms with Gasteiger partial charge in [-0.25, -0.2) is 0 Å². The molecular formula is C12H17N3O4. The fourth-order valence-corrected chi connectivity index (χ4v) is 1.52. The number of nitro benzene ring substituents is 1. The minimum atomic E-state index is -0.658. The lowest BCUT2D eigenvalue weighted by Crippen LogP contribution is -2.35. The van der Waals surface area contributed by atoms with E-state index in [4.69, 9.17) is 5.73 Å². The van der Waals surface area contributed by atoms with E-state index in [0.29, 0.717) is 6.42 Å². The summed E-state index contributed by atoms with van der Waals surface area (Å²) in [7, 11) is 0. The third-order valence-electron chi connectivity index (χ3n) is 2.66. The Morgan fingerprint density at radius 1 is 1.58 bits per heavy atom. The van der Waals surface area contributed by atoms with Gasteiger partial charge in [0, 0.05) is 6.07 Å². The minimum Gasteiger partial charge on any atom is -0.506 e. The first kappa shape index (κ1) is 14.9. The van der Waals surface area contributed by atoms with Crippen LogP contribution in [-0.4, -0.2) is 22.0 Å². The number of nitro groups is 1. The van der Waals surface area contributed by atoms with Crippen molar-refractivity contribution in [2.24, 2.45) is 5.73 Å². The molecule has 0 saturated carbocycles. The van der Waals surface area contributed by atoms with Crippen LogP contribution >= 0.6 is 0 Å². The number of rotatable bonds is 6. The number of hydrogen-bond acceptors (Lipinski definition) is 5. The van der Waals surface area contributed by atoms with Gasteiger partial charge in [-0.3, -0.25) is 14.9 Å². The SMILES string of the molecule is CCCCC(N)C(=O)Nc1ccc([N+](=O)[O-])cc1O. The van der Waals surface area contributed by atoms with Crippen LogP contribution in [0.5, 0.6) is 5.75 Å². The Morgan fingerprint density at radius 2 is 2.26 bits per heavy atom. The van der Waals surface area contributed by atoms with E-state index in [0.717, 1.165) is 18.9 Å². The second-order valence-electron chi connectivity index (χ2n) is 4.20. The van der Waals surface area contributed by atoms with Gasteiger partial charge in [-0.05, 0) is 12.5 Å². The number of nitrogens with two attached hydrogens (primary N) is 1. The fraction of sp³-hybridized carbons (Fsp3) is 0.417. The Bertz CT molecular complexity index is 476. The number of carbonyl (C=O) groups excluding carboxylic acids is 1. The number of phenolic OH excluding ortho intramolecular Hbond substituents is 1. The molecule has 1 aromatic carbocycles. The van der Waals surface area contributed by atoms with Crippen LogP contribution in [0.1, 0.15) is 26.2 Å². The van der Waals surface area contributed by atoms with Gasteiger partial charge in [-0.2, -0.15) is 0 Å². The maximum absolute atomic E-state index is 11.7. The zero-order valence-electron chi connectivity index (χ0n) is 10.6. The first-order chi connectivity index (χ1) is 8.95. The number of benzene rings is 1. The van der Waals surface area contributed by atoms with Gasteiger partial charge in [0.25, 0.3) is 5.69 Å². The van der Waals surface area contributed by atoms with Gasteiger partial charge in [0.2, 0.25) is 5.91 Å². The van der Waals surface area contributed by atoms with Crippen molar-refractivity contribution in [1.29, 1.82) is 0 Å². The van der Waals surface area contributed by atoms with Crippen LogP contribution in [0.3, 0.4) is 0 Å². The van der Waals surface area contributed by atoms with E-state index in [-0.39, 0.29) is 17.1 Å². The van der Waals surface area contributed by atoms with Crippen LogP contribution < -0.4 is 11.1 Å². The topological polar surface area (TPSA) is 118 Å². The normalized spacial score (nSPS) is 11.9. The second kappa shape index (κ2) is 6.69. The summed E-state index contributed by atoms with van der Waals surface area (Å²) in [5.41, 5.74) is 5.55. The Morgan fingerprint density at radius 3 is 2.79 bits per heavy atom. The Kier molecular flexibility index (Phi) is 5.25. The largest absolute Gasteiger partial charge is 0.506 e. The summed E-state index contributed by atoms with van der Waals surface area (Å²) >= 11 is 0. The van der Waals surface area contributed by atoms with Crippen molar-refractivity contribution in [1.82, 2.24) is 0 Å².